The fourth-order valence-corrected chi connectivity index (χ4v) is 2.48. The van der Waals surface area contributed by atoms with Crippen molar-refractivity contribution in [3.8, 4) is 0 Å². The molecular formula is C12H22N2O4S. The van der Waals surface area contributed by atoms with Gasteiger partial charge in [0.1, 0.15) is 0 Å². The van der Waals surface area contributed by atoms with Crippen LogP contribution >= 0.6 is 11.8 Å². The molecule has 0 heterocycles. The molecule has 0 saturated heterocycles. The average molecular weight is 290 g/mol. The van der Waals surface area contributed by atoms with Crippen molar-refractivity contribution in [3.05, 3.63) is 0 Å². The van der Waals surface area contributed by atoms with E-state index in [1.165, 1.54) is 0 Å². The van der Waals surface area contributed by atoms with E-state index in [1.807, 2.05) is 6.26 Å². The number of aliphatic carboxylic acids is 1. The monoisotopic (exact) mass is 290 g/mol. The second-order valence-corrected chi connectivity index (χ2v) is 5.86. The molecule has 1 aliphatic rings. The van der Waals surface area contributed by atoms with Gasteiger partial charge in [-0.15, -0.1) is 0 Å². The summed E-state index contributed by atoms with van der Waals surface area (Å²) in [6, 6.07) is -0.516. The summed E-state index contributed by atoms with van der Waals surface area (Å²) in [4.78, 5) is 22.2. The number of carboxylic acids is 1. The van der Waals surface area contributed by atoms with Crippen molar-refractivity contribution in [2.45, 2.75) is 31.4 Å². The number of thioether (sulfide) groups is 1. The molecule has 0 unspecified atom stereocenters. The van der Waals surface area contributed by atoms with E-state index in [-0.39, 0.29) is 11.8 Å². The Morgan fingerprint density at radius 2 is 2.16 bits per heavy atom. The van der Waals surface area contributed by atoms with Gasteiger partial charge < -0.3 is 21.3 Å². The van der Waals surface area contributed by atoms with Crippen LogP contribution in [0.3, 0.4) is 0 Å². The van der Waals surface area contributed by atoms with Crippen molar-refractivity contribution in [2.24, 2.45) is 17.6 Å². The van der Waals surface area contributed by atoms with Gasteiger partial charge in [-0.2, -0.15) is 11.8 Å². The van der Waals surface area contributed by atoms with Crippen molar-refractivity contribution in [3.63, 3.8) is 0 Å². The third-order valence-corrected chi connectivity index (χ3v) is 4.00. The summed E-state index contributed by atoms with van der Waals surface area (Å²) >= 11 is 1.64. The first-order valence-electron chi connectivity index (χ1n) is 6.40. The normalized spacial score (nSPS) is 24.6. The van der Waals surface area contributed by atoms with Crippen LogP contribution in [0.1, 0.15) is 19.3 Å². The van der Waals surface area contributed by atoms with E-state index in [4.69, 9.17) is 10.8 Å². The predicted octanol–water partition coefficient (Wildman–Crippen LogP) is -0.345. The number of aliphatic hydroxyl groups excluding tert-OH is 1. The molecule has 1 saturated carbocycles. The summed E-state index contributed by atoms with van der Waals surface area (Å²) in [5, 5.41) is 21.2. The Labute approximate surface area is 117 Å². The number of carbonyl (C=O) groups excluding carboxylic acids is 1. The zero-order valence-corrected chi connectivity index (χ0v) is 11.9. The van der Waals surface area contributed by atoms with E-state index in [1.54, 1.807) is 11.8 Å². The summed E-state index contributed by atoms with van der Waals surface area (Å²) in [6.07, 6.45) is 2.81. The molecule has 0 radical (unpaired) electrons. The van der Waals surface area contributed by atoms with Crippen LogP contribution in [-0.4, -0.2) is 52.8 Å². The molecule has 1 fully saturated rings. The van der Waals surface area contributed by atoms with E-state index in [0.717, 1.165) is 5.75 Å². The van der Waals surface area contributed by atoms with Crippen LogP contribution < -0.4 is 11.1 Å². The fraction of sp³-hybridized carbons (Fsp3) is 0.833. The number of rotatable bonds is 9. The molecule has 7 heteroatoms. The lowest BCUT2D eigenvalue weighted by Crippen LogP contribution is -2.42. The summed E-state index contributed by atoms with van der Waals surface area (Å²) in [7, 11) is 0. The van der Waals surface area contributed by atoms with E-state index in [0.29, 0.717) is 25.8 Å². The highest BCUT2D eigenvalue weighted by Crippen LogP contribution is 2.42. The second kappa shape index (κ2) is 7.72. The van der Waals surface area contributed by atoms with Gasteiger partial charge in [0.15, 0.2) is 0 Å². The minimum atomic E-state index is -0.854. The van der Waals surface area contributed by atoms with Gasteiger partial charge in [-0.25, -0.2) is 0 Å². The van der Waals surface area contributed by atoms with Crippen LogP contribution in [0.25, 0.3) is 0 Å². The Bertz CT molecular complexity index is 327. The van der Waals surface area contributed by atoms with Gasteiger partial charge in [0.25, 0.3) is 0 Å². The van der Waals surface area contributed by atoms with Gasteiger partial charge in [0.05, 0.1) is 18.1 Å². The van der Waals surface area contributed by atoms with E-state index >= 15 is 0 Å². The van der Waals surface area contributed by atoms with Gasteiger partial charge in [-0.05, 0) is 37.2 Å². The molecule has 0 spiro atoms. The van der Waals surface area contributed by atoms with Crippen molar-refractivity contribution in [2.75, 3.05) is 18.6 Å². The topological polar surface area (TPSA) is 113 Å². The molecule has 4 atom stereocenters. The van der Waals surface area contributed by atoms with Crippen molar-refractivity contribution >= 4 is 23.6 Å². The maximum absolute atomic E-state index is 11.6. The van der Waals surface area contributed by atoms with E-state index in [2.05, 4.69) is 5.32 Å². The molecule has 19 heavy (non-hydrogen) atoms. The first kappa shape index (κ1) is 16.3. The Morgan fingerprint density at radius 1 is 1.47 bits per heavy atom. The summed E-state index contributed by atoms with van der Waals surface area (Å²) in [6.45, 7) is 0.329. The number of hydrogen-bond acceptors (Lipinski definition) is 5. The molecule has 1 amide bonds. The van der Waals surface area contributed by atoms with Gasteiger partial charge in [0.2, 0.25) is 5.91 Å². The lowest BCUT2D eigenvalue weighted by atomic mass is 10.1. The van der Waals surface area contributed by atoms with Crippen molar-refractivity contribution in [1.29, 1.82) is 0 Å². The zero-order valence-electron chi connectivity index (χ0n) is 11.0. The lowest BCUT2D eigenvalue weighted by Gasteiger charge is -2.13. The predicted molar refractivity (Wildman–Crippen MR) is 73.8 cm³/mol. The standard InChI is InChI=1S/C12H22N2O4S/c1-19-5-3-9(13)11(16)14-4-2-10(15)7-6-8(7)12(17)18/h7-10,15H,2-6,13H2,1H3,(H,14,16)(H,17,18)/t7-,8-,9+,10+/m1/s1. The van der Waals surface area contributed by atoms with Gasteiger partial charge in [-0.3, -0.25) is 9.59 Å². The quantitative estimate of drug-likeness (QED) is 0.462. The van der Waals surface area contributed by atoms with E-state index in [9.17, 15) is 14.7 Å². The molecule has 6 nitrogen and oxygen atoms in total. The van der Waals surface area contributed by atoms with E-state index < -0.39 is 24.0 Å². The number of nitrogens with one attached hydrogen (secondary N) is 1. The third-order valence-electron chi connectivity index (χ3n) is 3.36. The zero-order chi connectivity index (χ0) is 14.4. The van der Waals surface area contributed by atoms with Gasteiger partial charge >= 0.3 is 5.97 Å². The smallest absolute Gasteiger partial charge is 0.306 e. The van der Waals surface area contributed by atoms with Gasteiger partial charge in [-0.1, -0.05) is 0 Å². The molecular weight excluding hydrogens is 268 g/mol. The second-order valence-electron chi connectivity index (χ2n) is 4.88. The fourth-order valence-electron chi connectivity index (χ4n) is 1.99. The Morgan fingerprint density at radius 3 is 2.68 bits per heavy atom. The number of aliphatic hydroxyl groups is 1. The number of amides is 1. The van der Waals surface area contributed by atoms with Crippen LogP contribution in [0.2, 0.25) is 0 Å². The molecule has 0 aromatic carbocycles. The number of carboxylic acid groups (broad SMARTS) is 1. The highest BCUT2D eigenvalue weighted by Gasteiger charge is 2.47. The average Bonchev–Trinajstić information content (AvgIpc) is 3.15. The van der Waals surface area contributed by atoms with Crippen molar-refractivity contribution < 1.29 is 19.8 Å². The Kier molecular flexibility index (Phi) is 6.60. The van der Waals surface area contributed by atoms with Crippen LogP contribution in [0.15, 0.2) is 0 Å². The van der Waals surface area contributed by atoms with Gasteiger partial charge in [0, 0.05) is 6.54 Å². The third kappa shape index (κ3) is 5.38. The van der Waals surface area contributed by atoms with Crippen LogP contribution in [0.5, 0.6) is 0 Å². The minimum absolute atomic E-state index is 0.167. The Balaban J connectivity index is 2.13. The molecule has 0 aromatic rings. The van der Waals surface area contributed by atoms with Crippen LogP contribution in [0.4, 0.5) is 0 Å². The summed E-state index contributed by atoms with van der Waals surface area (Å²) in [5.41, 5.74) is 5.69. The molecule has 1 rings (SSSR count). The minimum Gasteiger partial charge on any atom is -0.481 e. The molecule has 0 aromatic heterocycles. The number of nitrogens with two attached hydrogens (primary N) is 1. The maximum Gasteiger partial charge on any atom is 0.306 e. The first-order valence-corrected chi connectivity index (χ1v) is 7.79. The van der Waals surface area contributed by atoms with Crippen LogP contribution in [0, 0.1) is 11.8 Å². The molecule has 5 N–H and O–H groups in total. The number of carbonyl (C=O) groups is 2. The molecule has 110 valence electrons. The largest absolute Gasteiger partial charge is 0.481 e. The highest BCUT2D eigenvalue weighted by molar-refractivity contribution is 7.98. The number of hydrogen-bond donors (Lipinski definition) is 4. The maximum atomic E-state index is 11.6. The summed E-state index contributed by atoms with van der Waals surface area (Å²) in [5.74, 6) is -0.826. The molecule has 0 aliphatic heterocycles. The Hall–Kier alpha value is -0.790. The SMILES string of the molecule is CSCC[C@H](N)C(=O)NCC[C@H](O)[C@@H]1C[C@H]1C(=O)O. The highest BCUT2D eigenvalue weighted by atomic mass is 32.2. The first-order chi connectivity index (χ1) is 8.97. The summed E-state index contributed by atoms with van der Waals surface area (Å²) < 4.78 is 0. The van der Waals surface area contributed by atoms with Crippen molar-refractivity contribution in [1.82, 2.24) is 5.32 Å². The lowest BCUT2D eigenvalue weighted by molar-refractivity contribution is -0.139. The molecule has 1 aliphatic carbocycles. The molecule has 0 bridgehead atoms. The van der Waals surface area contributed by atoms with Crippen LogP contribution in [-0.2, 0) is 9.59 Å².